The highest BCUT2D eigenvalue weighted by Crippen LogP contribution is 2.36. The maximum Gasteiger partial charge on any atom is 0.416 e. The molecule has 0 radical (unpaired) electrons. The zero-order chi connectivity index (χ0) is 22.6. The monoisotopic (exact) mass is 435 g/mol. The van der Waals surface area contributed by atoms with Gasteiger partial charge < -0.3 is 14.4 Å². The lowest BCUT2D eigenvalue weighted by molar-refractivity contribution is -0.137. The molecule has 0 unspecified atom stereocenters. The summed E-state index contributed by atoms with van der Waals surface area (Å²) < 4.78 is 50.4. The first-order valence-corrected chi connectivity index (χ1v) is 10.4. The lowest BCUT2D eigenvalue weighted by Gasteiger charge is -2.37. The molecule has 0 N–H and O–H groups in total. The Hall–Kier alpha value is -2.70. The number of benzene rings is 2. The average molecular weight is 435 g/mol. The molecule has 2 atom stereocenters. The van der Waals surface area contributed by atoms with Gasteiger partial charge in [0.25, 0.3) is 0 Å². The van der Waals surface area contributed by atoms with E-state index in [1.165, 1.54) is 12.1 Å². The maximum atomic E-state index is 12.9. The molecule has 1 aliphatic rings. The van der Waals surface area contributed by atoms with Gasteiger partial charge in [0.2, 0.25) is 0 Å². The number of amides is 1. The number of likely N-dealkylation sites (tertiary alicyclic amines) is 1. The van der Waals surface area contributed by atoms with Crippen molar-refractivity contribution in [1.82, 2.24) is 4.90 Å². The molecule has 1 amide bonds. The Morgan fingerprint density at radius 3 is 2.26 bits per heavy atom. The van der Waals surface area contributed by atoms with E-state index in [1.54, 1.807) is 4.90 Å². The molecule has 0 aromatic heterocycles. The van der Waals surface area contributed by atoms with Crippen molar-refractivity contribution in [1.29, 1.82) is 0 Å². The van der Waals surface area contributed by atoms with Crippen molar-refractivity contribution in [3.8, 4) is 5.75 Å². The summed E-state index contributed by atoms with van der Waals surface area (Å²) in [6, 6.07) is 14.3. The number of rotatable bonds is 4. The van der Waals surface area contributed by atoms with E-state index in [4.69, 9.17) is 9.47 Å². The number of carbonyl (C=O) groups excluding carboxylic acids is 1. The maximum absolute atomic E-state index is 12.9. The minimum atomic E-state index is -4.39. The molecule has 31 heavy (non-hydrogen) atoms. The van der Waals surface area contributed by atoms with Crippen molar-refractivity contribution in [3.05, 3.63) is 65.7 Å². The Labute approximate surface area is 181 Å². The molecule has 2 aromatic rings. The number of carbonyl (C=O) groups is 1. The van der Waals surface area contributed by atoms with E-state index in [0.717, 1.165) is 30.5 Å². The fraction of sp³-hybridized carbons (Fsp3) is 0.458. The van der Waals surface area contributed by atoms with Crippen molar-refractivity contribution >= 4 is 6.09 Å². The van der Waals surface area contributed by atoms with Crippen LogP contribution in [0, 0.1) is 5.92 Å². The summed E-state index contributed by atoms with van der Waals surface area (Å²) >= 11 is 0. The predicted octanol–water partition coefficient (Wildman–Crippen LogP) is 6.47. The first kappa shape index (κ1) is 23.0. The van der Waals surface area contributed by atoms with Gasteiger partial charge >= 0.3 is 12.3 Å². The summed E-state index contributed by atoms with van der Waals surface area (Å²) in [4.78, 5) is 14.3. The van der Waals surface area contributed by atoms with Crippen LogP contribution in [0.1, 0.15) is 50.8 Å². The van der Waals surface area contributed by atoms with Gasteiger partial charge in [0, 0.05) is 19.0 Å². The molecule has 1 saturated heterocycles. The lowest BCUT2D eigenvalue weighted by Crippen LogP contribution is -2.44. The van der Waals surface area contributed by atoms with Crippen LogP contribution in [0.25, 0.3) is 0 Å². The molecule has 0 spiro atoms. The topological polar surface area (TPSA) is 38.8 Å². The second-order valence-corrected chi connectivity index (χ2v) is 8.80. The Morgan fingerprint density at radius 2 is 1.68 bits per heavy atom. The molecular weight excluding hydrogens is 407 g/mol. The summed E-state index contributed by atoms with van der Waals surface area (Å²) in [5.41, 5.74) is -0.386. The molecule has 0 bridgehead atoms. The van der Waals surface area contributed by atoms with Gasteiger partial charge in [-0.2, -0.15) is 13.2 Å². The van der Waals surface area contributed by atoms with Gasteiger partial charge in [-0.05, 0) is 63.4 Å². The lowest BCUT2D eigenvalue weighted by atomic mass is 9.88. The average Bonchev–Trinajstić information content (AvgIpc) is 2.71. The van der Waals surface area contributed by atoms with Gasteiger partial charge in [0.05, 0.1) is 5.56 Å². The van der Waals surface area contributed by atoms with Gasteiger partial charge in [-0.3, -0.25) is 0 Å². The van der Waals surface area contributed by atoms with Crippen molar-refractivity contribution in [2.24, 2.45) is 5.92 Å². The molecule has 4 nitrogen and oxygen atoms in total. The number of ether oxygens (including phenoxy) is 2. The molecule has 7 heteroatoms. The van der Waals surface area contributed by atoms with Crippen LogP contribution in [0.5, 0.6) is 5.75 Å². The number of hydrogen-bond acceptors (Lipinski definition) is 3. The van der Waals surface area contributed by atoms with Crippen molar-refractivity contribution in [2.45, 2.75) is 51.5 Å². The third kappa shape index (κ3) is 6.39. The molecule has 1 aliphatic heterocycles. The highest BCUT2D eigenvalue weighted by Gasteiger charge is 2.34. The molecule has 0 saturated carbocycles. The van der Waals surface area contributed by atoms with Gasteiger partial charge in [0.1, 0.15) is 17.5 Å². The van der Waals surface area contributed by atoms with Crippen LogP contribution in [0.4, 0.5) is 18.0 Å². The largest absolute Gasteiger partial charge is 0.485 e. The van der Waals surface area contributed by atoms with E-state index >= 15 is 0 Å². The quantitative estimate of drug-likeness (QED) is 0.552. The van der Waals surface area contributed by atoms with Gasteiger partial charge in [-0.1, -0.05) is 30.3 Å². The predicted molar refractivity (Wildman–Crippen MR) is 112 cm³/mol. The Kier molecular flexibility index (Phi) is 6.82. The fourth-order valence-corrected chi connectivity index (χ4v) is 3.70. The van der Waals surface area contributed by atoms with Gasteiger partial charge in [-0.25, -0.2) is 4.79 Å². The van der Waals surface area contributed by atoms with E-state index in [0.29, 0.717) is 18.8 Å². The second-order valence-electron chi connectivity index (χ2n) is 8.80. The van der Waals surface area contributed by atoms with Crippen LogP contribution in [0.15, 0.2) is 54.6 Å². The Balaban J connectivity index is 1.80. The molecule has 3 rings (SSSR count). The summed E-state index contributed by atoms with van der Waals surface area (Å²) in [5.74, 6) is 0.335. The fourth-order valence-electron chi connectivity index (χ4n) is 3.70. The van der Waals surface area contributed by atoms with Crippen molar-refractivity contribution < 1.29 is 27.4 Å². The standard InChI is InChI=1S/C24H28F3NO3/c1-23(2,3)31-22(29)28-15-7-10-18(16-28)21(17-8-5-4-6-9-17)30-20-13-11-19(12-14-20)24(25,26)27/h4-6,8-9,11-14,18,21H,7,10,15-16H2,1-3H3/t18-,21+/m0/s1. The summed E-state index contributed by atoms with van der Waals surface area (Å²) in [6.45, 7) is 6.54. The van der Waals surface area contributed by atoms with E-state index in [9.17, 15) is 18.0 Å². The number of piperidine rings is 1. The zero-order valence-corrected chi connectivity index (χ0v) is 18.0. The van der Waals surface area contributed by atoms with E-state index in [-0.39, 0.29) is 12.0 Å². The molecule has 1 heterocycles. The first-order valence-electron chi connectivity index (χ1n) is 10.4. The van der Waals surface area contributed by atoms with Crippen LogP contribution in [-0.2, 0) is 10.9 Å². The summed E-state index contributed by atoms with van der Waals surface area (Å²) in [6.07, 6.45) is -3.53. The van der Waals surface area contributed by atoms with E-state index in [1.807, 2.05) is 51.1 Å². The second kappa shape index (κ2) is 9.20. The third-order valence-electron chi connectivity index (χ3n) is 5.11. The summed E-state index contributed by atoms with van der Waals surface area (Å²) in [7, 11) is 0. The highest BCUT2D eigenvalue weighted by molar-refractivity contribution is 5.68. The smallest absolute Gasteiger partial charge is 0.416 e. The SMILES string of the molecule is CC(C)(C)OC(=O)N1CCC[C@H]([C@H](Oc2ccc(C(F)(F)F)cc2)c2ccccc2)C1. The normalized spacial score (nSPS) is 18.4. The van der Waals surface area contributed by atoms with Crippen molar-refractivity contribution in [2.75, 3.05) is 13.1 Å². The number of alkyl halides is 3. The Morgan fingerprint density at radius 1 is 1.03 bits per heavy atom. The third-order valence-corrected chi connectivity index (χ3v) is 5.11. The number of hydrogen-bond donors (Lipinski definition) is 0. The number of nitrogens with zero attached hydrogens (tertiary/aromatic N) is 1. The van der Waals surface area contributed by atoms with Crippen molar-refractivity contribution in [3.63, 3.8) is 0 Å². The van der Waals surface area contributed by atoms with Gasteiger partial charge in [0.15, 0.2) is 0 Å². The van der Waals surface area contributed by atoms with Gasteiger partial charge in [-0.15, -0.1) is 0 Å². The van der Waals surface area contributed by atoms with Crippen LogP contribution in [-0.4, -0.2) is 29.7 Å². The molecule has 168 valence electrons. The summed E-state index contributed by atoms with van der Waals surface area (Å²) in [5, 5.41) is 0. The van der Waals surface area contributed by atoms with Crippen LogP contribution < -0.4 is 4.74 Å². The Bertz CT molecular complexity index is 860. The minimum absolute atomic E-state index is 0.0223. The first-order chi connectivity index (χ1) is 14.5. The van der Waals surface area contributed by atoms with E-state index < -0.39 is 23.4 Å². The zero-order valence-electron chi connectivity index (χ0n) is 18.0. The van der Waals surface area contributed by atoms with Crippen LogP contribution >= 0.6 is 0 Å². The van der Waals surface area contributed by atoms with Crippen LogP contribution in [0.2, 0.25) is 0 Å². The molecule has 1 fully saturated rings. The molecule has 2 aromatic carbocycles. The van der Waals surface area contributed by atoms with E-state index in [2.05, 4.69) is 0 Å². The number of halogens is 3. The van der Waals surface area contributed by atoms with Crippen LogP contribution in [0.3, 0.4) is 0 Å². The molecular formula is C24H28F3NO3. The highest BCUT2D eigenvalue weighted by atomic mass is 19.4. The minimum Gasteiger partial charge on any atom is -0.485 e. The molecule has 0 aliphatic carbocycles.